The highest BCUT2D eigenvalue weighted by Crippen LogP contribution is 1.93. The van der Waals surface area contributed by atoms with Crippen molar-refractivity contribution in [2.75, 3.05) is 7.11 Å². The van der Waals surface area contributed by atoms with Gasteiger partial charge in [-0.1, -0.05) is 47.5 Å². The number of methoxy groups -OCH3 is 1. The average Bonchev–Trinajstić information content (AvgIpc) is 2.21. The number of esters is 1. The molecule has 1 atom stereocenters. The number of carbonyl (C=O) groups excluding carboxylic acids is 1. The molecule has 14 heavy (non-hydrogen) atoms. The number of rotatable bonds is 3. The molecule has 0 aliphatic heterocycles. The lowest BCUT2D eigenvalue weighted by Gasteiger charge is -2.05. The van der Waals surface area contributed by atoms with Crippen molar-refractivity contribution in [3.63, 3.8) is 0 Å². The van der Waals surface area contributed by atoms with Gasteiger partial charge in [-0.3, -0.25) is 4.79 Å². The van der Waals surface area contributed by atoms with E-state index < -0.39 is 6.04 Å². The molecule has 2 N–H and O–H groups in total. The van der Waals surface area contributed by atoms with E-state index in [4.69, 9.17) is 5.73 Å². The Labute approximate surface area is 89.0 Å². The van der Waals surface area contributed by atoms with Crippen LogP contribution in [0.15, 0.2) is 0 Å². The molecule has 0 saturated heterocycles. The van der Waals surface area contributed by atoms with Gasteiger partial charge in [-0.25, -0.2) is 0 Å². The van der Waals surface area contributed by atoms with Crippen molar-refractivity contribution in [1.29, 1.82) is 0 Å². The maximum absolute atomic E-state index is 10.6. The molecular formula is C11H27NO2. The van der Waals surface area contributed by atoms with Crippen molar-refractivity contribution >= 4 is 5.97 Å². The molecular weight excluding hydrogens is 178 g/mol. The average molecular weight is 205 g/mol. The van der Waals surface area contributed by atoms with Crippen LogP contribution in [0.25, 0.3) is 0 Å². The van der Waals surface area contributed by atoms with Gasteiger partial charge in [0.2, 0.25) is 0 Å². The molecule has 0 amide bonds. The zero-order valence-corrected chi connectivity index (χ0v) is 10.6. The van der Waals surface area contributed by atoms with E-state index in [1.807, 2.05) is 20.8 Å². The van der Waals surface area contributed by atoms with Gasteiger partial charge in [0.1, 0.15) is 6.04 Å². The van der Waals surface area contributed by atoms with Crippen molar-refractivity contribution in [3.8, 4) is 0 Å². The maximum atomic E-state index is 10.6. The van der Waals surface area contributed by atoms with Crippen LogP contribution in [0.4, 0.5) is 0 Å². The Bertz CT molecular complexity index is 105. The molecule has 0 aromatic heterocycles. The van der Waals surface area contributed by atoms with E-state index in [2.05, 4.69) is 18.6 Å². The first-order valence-corrected chi connectivity index (χ1v) is 5.47. The van der Waals surface area contributed by atoms with Crippen LogP contribution in [0, 0.1) is 0 Å². The number of hydrogen-bond acceptors (Lipinski definition) is 3. The molecule has 0 radical (unpaired) electrons. The molecule has 0 bridgehead atoms. The maximum Gasteiger partial charge on any atom is 0.322 e. The van der Waals surface area contributed by atoms with Crippen LogP contribution in [0.3, 0.4) is 0 Å². The normalized spacial score (nSPS) is 9.93. The number of nitrogens with two attached hydrogens (primary N) is 1. The van der Waals surface area contributed by atoms with Crippen LogP contribution in [-0.4, -0.2) is 19.1 Å². The second-order valence-corrected chi connectivity index (χ2v) is 2.63. The Hall–Kier alpha value is -0.570. The predicted octanol–water partition coefficient (Wildman–Crippen LogP) is 2.73. The number of carbonyl (C=O) groups is 1. The SMILES string of the molecule is CC.CCC.CCCC(N)C(=O)OC. The van der Waals surface area contributed by atoms with Gasteiger partial charge in [0, 0.05) is 0 Å². The Morgan fingerprint density at radius 1 is 1.29 bits per heavy atom. The van der Waals surface area contributed by atoms with Gasteiger partial charge < -0.3 is 10.5 Å². The van der Waals surface area contributed by atoms with Gasteiger partial charge >= 0.3 is 5.97 Å². The Kier molecular flexibility index (Phi) is 24.9. The second-order valence-electron chi connectivity index (χ2n) is 2.63. The Morgan fingerprint density at radius 2 is 1.64 bits per heavy atom. The van der Waals surface area contributed by atoms with Gasteiger partial charge in [-0.15, -0.1) is 0 Å². The lowest BCUT2D eigenvalue weighted by molar-refractivity contribution is -0.142. The summed E-state index contributed by atoms with van der Waals surface area (Å²) in [6.45, 7) is 10.2. The van der Waals surface area contributed by atoms with Crippen molar-refractivity contribution < 1.29 is 9.53 Å². The first-order valence-electron chi connectivity index (χ1n) is 5.47. The minimum absolute atomic E-state index is 0.322. The van der Waals surface area contributed by atoms with Gasteiger partial charge in [-0.2, -0.15) is 0 Å². The van der Waals surface area contributed by atoms with E-state index in [9.17, 15) is 4.79 Å². The summed E-state index contributed by atoms with van der Waals surface area (Å²) in [5, 5.41) is 0. The molecule has 0 heterocycles. The fraction of sp³-hybridized carbons (Fsp3) is 0.909. The third kappa shape index (κ3) is 17.5. The standard InChI is InChI=1S/C6H13NO2.C3H8.C2H6/c1-3-4-5(7)6(8)9-2;1-3-2;1-2/h5H,3-4,7H2,1-2H3;3H2,1-2H3;1-2H3. The van der Waals surface area contributed by atoms with Crippen LogP contribution in [0.2, 0.25) is 0 Å². The summed E-state index contributed by atoms with van der Waals surface area (Å²) in [6.07, 6.45) is 2.86. The summed E-state index contributed by atoms with van der Waals surface area (Å²) in [7, 11) is 1.35. The van der Waals surface area contributed by atoms with E-state index in [1.54, 1.807) is 0 Å². The van der Waals surface area contributed by atoms with E-state index in [0.29, 0.717) is 6.42 Å². The lowest BCUT2D eigenvalue weighted by atomic mass is 10.2. The van der Waals surface area contributed by atoms with Crippen LogP contribution < -0.4 is 5.73 Å². The zero-order valence-electron chi connectivity index (χ0n) is 10.6. The second kappa shape index (κ2) is 18.3. The van der Waals surface area contributed by atoms with Crippen LogP contribution >= 0.6 is 0 Å². The van der Waals surface area contributed by atoms with Crippen molar-refractivity contribution in [3.05, 3.63) is 0 Å². The van der Waals surface area contributed by atoms with E-state index >= 15 is 0 Å². The summed E-state index contributed by atoms with van der Waals surface area (Å²) in [4.78, 5) is 10.6. The van der Waals surface area contributed by atoms with Crippen molar-refractivity contribution in [2.45, 2.75) is 59.9 Å². The van der Waals surface area contributed by atoms with E-state index in [1.165, 1.54) is 13.5 Å². The summed E-state index contributed by atoms with van der Waals surface area (Å²) in [6, 6.07) is -0.431. The Morgan fingerprint density at radius 3 is 1.86 bits per heavy atom. The highest BCUT2D eigenvalue weighted by Gasteiger charge is 2.10. The fourth-order valence-corrected chi connectivity index (χ4v) is 0.580. The molecule has 0 saturated carbocycles. The lowest BCUT2D eigenvalue weighted by Crippen LogP contribution is -2.31. The third-order valence-electron chi connectivity index (χ3n) is 1.10. The van der Waals surface area contributed by atoms with Crippen molar-refractivity contribution in [2.24, 2.45) is 5.73 Å². The van der Waals surface area contributed by atoms with Gasteiger partial charge in [0.15, 0.2) is 0 Å². The highest BCUT2D eigenvalue weighted by molar-refractivity contribution is 5.75. The highest BCUT2D eigenvalue weighted by atomic mass is 16.5. The summed E-state index contributed by atoms with van der Waals surface area (Å²) < 4.78 is 4.40. The van der Waals surface area contributed by atoms with Crippen molar-refractivity contribution in [1.82, 2.24) is 0 Å². The molecule has 0 aromatic rings. The van der Waals surface area contributed by atoms with Crippen LogP contribution in [0.5, 0.6) is 0 Å². The molecule has 3 nitrogen and oxygen atoms in total. The molecule has 88 valence electrons. The zero-order chi connectivity index (χ0) is 12.0. The van der Waals surface area contributed by atoms with E-state index in [0.717, 1.165) is 6.42 Å². The molecule has 1 unspecified atom stereocenters. The van der Waals surface area contributed by atoms with Gasteiger partial charge in [0.05, 0.1) is 7.11 Å². The van der Waals surface area contributed by atoms with Crippen LogP contribution in [0.1, 0.15) is 53.9 Å². The molecule has 3 heteroatoms. The summed E-state index contributed by atoms with van der Waals surface area (Å²) >= 11 is 0. The molecule has 0 rings (SSSR count). The largest absolute Gasteiger partial charge is 0.468 e. The smallest absolute Gasteiger partial charge is 0.322 e. The van der Waals surface area contributed by atoms with E-state index in [-0.39, 0.29) is 5.97 Å². The first kappa shape index (κ1) is 19.1. The summed E-state index contributed by atoms with van der Waals surface area (Å²) in [5.74, 6) is -0.322. The topological polar surface area (TPSA) is 52.3 Å². The molecule has 0 fully saturated rings. The third-order valence-corrected chi connectivity index (χ3v) is 1.10. The van der Waals surface area contributed by atoms with Gasteiger partial charge in [-0.05, 0) is 6.42 Å². The number of hydrogen-bond donors (Lipinski definition) is 1. The molecule has 0 spiro atoms. The molecule has 0 aliphatic carbocycles. The summed E-state index contributed by atoms with van der Waals surface area (Å²) in [5.41, 5.74) is 5.36. The minimum atomic E-state index is -0.431. The first-order chi connectivity index (χ1) is 6.63. The number of ether oxygens (including phenoxy) is 1. The fourth-order valence-electron chi connectivity index (χ4n) is 0.580. The van der Waals surface area contributed by atoms with Crippen LogP contribution in [-0.2, 0) is 9.53 Å². The predicted molar refractivity (Wildman–Crippen MR) is 62.2 cm³/mol. The molecule has 0 aliphatic rings. The Balaban J connectivity index is -0.000000205. The van der Waals surface area contributed by atoms with Gasteiger partial charge in [0.25, 0.3) is 0 Å². The monoisotopic (exact) mass is 205 g/mol. The minimum Gasteiger partial charge on any atom is -0.468 e. The quantitative estimate of drug-likeness (QED) is 0.721. The molecule has 0 aromatic carbocycles.